The summed E-state index contributed by atoms with van der Waals surface area (Å²) in [5.74, 6) is 0.317. The number of ether oxygens (including phenoxy) is 1. The summed E-state index contributed by atoms with van der Waals surface area (Å²) < 4.78 is 5.37. The third-order valence-electron chi connectivity index (χ3n) is 3.87. The lowest BCUT2D eigenvalue weighted by atomic mass is 10.0. The van der Waals surface area contributed by atoms with Gasteiger partial charge in [0.2, 0.25) is 0 Å². The summed E-state index contributed by atoms with van der Waals surface area (Å²) in [7, 11) is 0. The largest absolute Gasteiger partial charge is 0.487 e. The van der Waals surface area contributed by atoms with Crippen molar-refractivity contribution in [2.75, 3.05) is 19.8 Å². The Morgan fingerprint density at radius 1 is 1.48 bits per heavy atom. The van der Waals surface area contributed by atoms with Crippen molar-refractivity contribution in [2.45, 2.75) is 38.8 Å². The molecule has 116 valence electrons. The van der Waals surface area contributed by atoms with Crippen molar-refractivity contribution in [1.29, 1.82) is 0 Å². The minimum atomic E-state index is -0.424. The summed E-state index contributed by atoms with van der Waals surface area (Å²) in [4.78, 5) is 12.8. The van der Waals surface area contributed by atoms with Gasteiger partial charge in [0.25, 0.3) is 0 Å². The van der Waals surface area contributed by atoms with E-state index < -0.39 is 4.92 Å². The Morgan fingerprint density at radius 2 is 2.29 bits per heavy atom. The molecule has 1 aliphatic rings. The second kappa shape index (κ2) is 7.38. The van der Waals surface area contributed by atoms with Crippen LogP contribution in [0.15, 0.2) is 18.2 Å². The Bertz CT molecular complexity index is 493. The van der Waals surface area contributed by atoms with Crippen molar-refractivity contribution in [3.8, 4) is 5.75 Å². The number of nitrogens with zero attached hydrogens (tertiary/aromatic N) is 2. The zero-order valence-corrected chi connectivity index (χ0v) is 12.3. The molecule has 21 heavy (non-hydrogen) atoms. The van der Waals surface area contributed by atoms with E-state index in [1.54, 1.807) is 12.1 Å². The van der Waals surface area contributed by atoms with E-state index in [2.05, 4.69) is 4.90 Å². The third-order valence-corrected chi connectivity index (χ3v) is 3.87. The summed E-state index contributed by atoms with van der Waals surface area (Å²) in [5, 5.41) is 20.4. The van der Waals surface area contributed by atoms with E-state index in [1.165, 1.54) is 6.07 Å². The van der Waals surface area contributed by atoms with Gasteiger partial charge in [0.15, 0.2) is 5.75 Å². The van der Waals surface area contributed by atoms with Gasteiger partial charge in [-0.1, -0.05) is 12.5 Å². The molecule has 1 atom stereocenters. The fraction of sp³-hybridized carbons (Fsp3) is 0.600. The van der Waals surface area contributed by atoms with Crippen LogP contribution < -0.4 is 4.74 Å². The van der Waals surface area contributed by atoms with Crippen LogP contribution in [0, 0.1) is 10.1 Å². The Kier molecular flexibility index (Phi) is 5.52. The molecule has 0 amide bonds. The van der Waals surface area contributed by atoms with Crippen LogP contribution in [0.3, 0.4) is 0 Å². The molecule has 0 saturated carbocycles. The lowest BCUT2D eigenvalue weighted by molar-refractivity contribution is -0.385. The van der Waals surface area contributed by atoms with Gasteiger partial charge in [-0.2, -0.15) is 0 Å². The molecule has 1 heterocycles. The van der Waals surface area contributed by atoms with Crippen LogP contribution in [0.4, 0.5) is 5.69 Å². The Morgan fingerprint density at radius 3 is 2.95 bits per heavy atom. The van der Waals surface area contributed by atoms with Gasteiger partial charge in [-0.25, -0.2) is 0 Å². The number of benzene rings is 1. The van der Waals surface area contributed by atoms with Crippen molar-refractivity contribution < 1.29 is 14.8 Å². The lowest BCUT2D eigenvalue weighted by Crippen LogP contribution is -2.41. The van der Waals surface area contributed by atoms with Gasteiger partial charge in [-0.15, -0.1) is 0 Å². The second-order valence-corrected chi connectivity index (χ2v) is 5.29. The van der Waals surface area contributed by atoms with Crippen LogP contribution in [0.5, 0.6) is 5.75 Å². The second-order valence-electron chi connectivity index (χ2n) is 5.29. The summed E-state index contributed by atoms with van der Waals surface area (Å²) in [6, 6.07) is 5.19. The van der Waals surface area contributed by atoms with Crippen LogP contribution in [0.2, 0.25) is 0 Å². The maximum Gasteiger partial charge on any atom is 0.310 e. The number of rotatable bonds is 6. The molecule has 6 heteroatoms. The van der Waals surface area contributed by atoms with Crippen LogP contribution >= 0.6 is 0 Å². The lowest BCUT2D eigenvalue weighted by Gasteiger charge is -2.34. The molecule has 0 aliphatic carbocycles. The van der Waals surface area contributed by atoms with Crippen LogP contribution in [-0.2, 0) is 6.54 Å². The summed E-state index contributed by atoms with van der Waals surface area (Å²) >= 11 is 0. The molecule has 1 aromatic carbocycles. The van der Waals surface area contributed by atoms with E-state index >= 15 is 0 Å². The molecule has 1 N–H and O–H groups in total. The molecule has 2 rings (SSSR count). The highest BCUT2D eigenvalue weighted by Gasteiger charge is 2.23. The molecule has 0 aromatic heterocycles. The number of aliphatic hydroxyl groups excluding tert-OH is 1. The average molecular weight is 294 g/mol. The average Bonchev–Trinajstić information content (AvgIpc) is 2.48. The number of hydrogen-bond acceptors (Lipinski definition) is 5. The van der Waals surface area contributed by atoms with Gasteiger partial charge >= 0.3 is 5.69 Å². The summed E-state index contributed by atoms with van der Waals surface area (Å²) in [5.41, 5.74) is 0.974. The number of likely N-dealkylation sites (tertiary alicyclic amines) is 1. The number of nitro groups is 1. The van der Waals surface area contributed by atoms with E-state index in [-0.39, 0.29) is 18.3 Å². The summed E-state index contributed by atoms with van der Waals surface area (Å²) in [6.07, 6.45) is 3.27. The number of piperidine rings is 1. The molecular formula is C15H22N2O4. The van der Waals surface area contributed by atoms with E-state index in [9.17, 15) is 15.2 Å². The highest BCUT2D eigenvalue weighted by Crippen LogP contribution is 2.29. The molecule has 1 aliphatic heterocycles. The van der Waals surface area contributed by atoms with Gasteiger partial charge < -0.3 is 9.84 Å². The minimum Gasteiger partial charge on any atom is -0.487 e. The molecule has 0 radical (unpaired) electrons. The monoisotopic (exact) mass is 294 g/mol. The fourth-order valence-corrected chi connectivity index (χ4v) is 2.79. The first-order chi connectivity index (χ1) is 10.2. The van der Waals surface area contributed by atoms with Crippen LogP contribution in [0.1, 0.15) is 31.7 Å². The Labute approximate surface area is 124 Å². The van der Waals surface area contributed by atoms with E-state index in [0.29, 0.717) is 18.9 Å². The van der Waals surface area contributed by atoms with Gasteiger partial charge in [0, 0.05) is 18.7 Å². The van der Waals surface area contributed by atoms with Crippen molar-refractivity contribution in [1.82, 2.24) is 4.90 Å². The first kappa shape index (κ1) is 15.7. The molecule has 0 bridgehead atoms. The molecule has 0 unspecified atom stereocenters. The highest BCUT2D eigenvalue weighted by atomic mass is 16.6. The van der Waals surface area contributed by atoms with Gasteiger partial charge in [0.1, 0.15) is 0 Å². The number of aliphatic hydroxyl groups is 1. The predicted octanol–water partition coefficient (Wildman–Crippen LogP) is 2.34. The molecule has 0 spiro atoms. The van der Waals surface area contributed by atoms with Crippen molar-refractivity contribution in [2.24, 2.45) is 0 Å². The maximum absolute atomic E-state index is 11.0. The predicted molar refractivity (Wildman–Crippen MR) is 79.4 cm³/mol. The van der Waals surface area contributed by atoms with Crippen molar-refractivity contribution >= 4 is 5.69 Å². The molecule has 1 fully saturated rings. The normalized spacial score (nSPS) is 19.4. The highest BCUT2D eigenvalue weighted by molar-refractivity contribution is 5.48. The quantitative estimate of drug-likeness (QED) is 0.644. The topological polar surface area (TPSA) is 75.8 Å². The number of hydrogen-bond donors (Lipinski definition) is 1. The van der Waals surface area contributed by atoms with Crippen LogP contribution in [-0.4, -0.2) is 40.7 Å². The smallest absolute Gasteiger partial charge is 0.310 e. The minimum absolute atomic E-state index is 0.00190. The summed E-state index contributed by atoms with van der Waals surface area (Å²) in [6.45, 7) is 4.00. The molecule has 6 nitrogen and oxygen atoms in total. The van der Waals surface area contributed by atoms with Crippen molar-refractivity contribution in [3.63, 3.8) is 0 Å². The maximum atomic E-state index is 11.0. The standard InChI is InChI=1S/C15H22N2O4/c1-2-21-15-9-12(6-7-14(15)17(19)20)10-16-8-4-3-5-13(16)11-18/h6-7,9,13,18H,2-5,8,10-11H2,1H3/t13-/m0/s1. The van der Waals surface area contributed by atoms with Gasteiger partial charge in [-0.05, 0) is 37.9 Å². The molecule has 1 aromatic rings. The Balaban J connectivity index is 2.16. The van der Waals surface area contributed by atoms with Crippen molar-refractivity contribution in [3.05, 3.63) is 33.9 Å². The van der Waals surface area contributed by atoms with E-state index in [0.717, 1.165) is 31.4 Å². The number of nitro benzene ring substituents is 1. The third kappa shape index (κ3) is 3.92. The SMILES string of the molecule is CCOc1cc(CN2CCCC[C@H]2CO)ccc1[N+](=O)[O-]. The molecular weight excluding hydrogens is 272 g/mol. The van der Waals surface area contributed by atoms with Gasteiger partial charge in [0.05, 0.1) is 18.1 Å². The zero-order chi connectivity index (χ0) is 15.2. The fourth-order valence-electron chi connectivity index (χ4n) is 2.79. The first-order valence-electron chi connectivity index (χ1n) is 7.40. The Hall–Kier alpha value is -1.66. The van der Waals surface area contributed by atoms with E-state index in [4.69, 9.17) is 4.74 Å². The first-order valence-corrected chi connectivity index (χ1v) is 7.40. The van der Waals surface area contributed by atoms with E-state index in [1.807, 2.05) is 6.92 Å². The molecule has 1 saturated heterocycles. The van der Waals surface area contributed by atoms with Gasteiger partial charge in [-0.3, -0.25) is 15.0 Å². The van der Waals surface area contributed by atoms with Crippen LogP contribution in [0.25, 0.3) is 0 Å². The zero-order valence-electron chi connectivity index (χ0n) is 12.3.